The van der Waals surface area contributed by atoms with Crippen molar-refractivity contribution >= 4 is 17.8 Å². The number of nitrogens with one attached hydrogen (secondary N) is 1. The van der Waals surface area contributed by atoms with Crippen LogP contribution >= 0.6 is 0 Å². The number of carbonyl (C=O) groups is 3. The summed E-state index contributed by atoms with van der Waals surface area (Å²) in [6.07, 6.45) is -1.31. The Balaban J connectivity index is 2.10. The van der Waals surface area contributed by atoms with Crippen molar-refractivity contribution in [2.75, 3.05) is 0 Å². The zero-order valence-corrected chi connectivity index (χ0v) is 14.2. The van der Waals surface area contributed by atoms with Gasteiger partial charge in [0.1, 0.15) is 12.6 Å². The summed E-state index contributed by atoms with van der Waals surface area (Å²) in [6.45, 7) is -0.106. The standard InChI is InChI=1S/C19H18F2N2O4/c20-19(21,17(22)25)16(24)15(11-13-7-3-1-4-8-13)23-18(26)27-12-14-9-5-2-6-10-14/h1-10,15H,11-12H2,(H2,22,25)(H,23,26)/t15-/m0/s1. The van der Waals surface area contributed by atoms with E-state index in [1.54, 1.807) is 60.7 Å². The second-order valence-corrected chi connectivity index (χ2v) is 5.75. The number of carbonyl (C=O) groups excluding carboxylic acids is 3. The van der Waals surface area contributed by atoms with Gasteiger partial charge in [-0.15, -0.1) is 0 Å². The second-order valence-electron chi connectivity index (χ2n) is 5.75. The van der Waals surface area contributed by atoms with Gasteiger partial charge in [-0.2, -0.15) is 8.78 Å². The van der Waals surface area contributed by atoms with Gasteiger partial charge < -0.3 is 15.8 Å². The third kappa shape index (κ3) is 5.60. The van der Waals surface area contributed by atoms with Gasteiger partial charge in [0.15, 0.2) is 0 Å². The second kappa shape index (κ2) is 8.88. The van der Waals surface area contributed by atoms with E-state index in [4.69, 9.17) is 4.74 Å². The number of benzene rings is 2. The molecule has 27 heavy (non-hydrogen) atoms. The fourth-order valence-corrected chi connectivity index (χ4v) is 2.31. The Morgan fingerprint density at radius 2 is 1.48 bits per heavy atom. The van der Waals surface area contributed by atoms with Crippen molar-refractivity contribution in [2.45, 2.75) is 25.0 Å². The van der Waals surface area contributed by atoms with Gasteiger partial charge in [0.25, 0.3) is 5.91 Å². The first-order valence-corrected chi connectivity index (χ1v) is 8.04. The largest absolute Gasteiger partial charge is 0.445 e. The maximum Gasteiger partial charge on any atom is 0.408 e. The number of Topliss-reactive ketones (excluding diaryl/α,β-unsaturated/α-hetero) is 1. The van der Waals surface area contributed by atoms with Crippen LogP contribution in [0.2, 0.25) is 0 Å². The fourth-order valence-electron chi connectivity index (χ4n) is 2.31. The number of amides is 2. The van der Waals surface area contributed by atoms with Crippen LogP contribution in [0.25, 0.3) is 0 Å². The van der Waals surface area contributed by atoms with Crippen LogP contribution in [0.4, 0.5) is 13.6 Å². The number of hydrogen-bond acceptors (Lipinski definition) is 4. The number of hydrogen-bond donors (Lipinski definition) is 2. The minimum Gasteiger partial charge on any atom is -0.445 e. The summed E-state index contributed by atoms with van der Waals surface area (Å²) in [5, 5.41) is 2.10. The van der Waals surface area contributed by atoms with E-state index in [2.05, 4.69) is 11.1 Å². The molecule has 0 radical (unpaired) electrons. The van der Waals surface area contributed by atoms with Gasteiger partial charge in [-0.25, -0.2) is 4.79 Å². The van der Waals surface area contributed by atoms with Crippen LogP contribution in [0.5, 0.6) is 0 Å². The summed E-state index contributed by atoms with van der Waals surface area (Å²) in [7, 11) is 0. The highest BCUT2D eigenvalue weighted by molar-refractivity contribution is 6.09. The fraction of sp³-hybridized carbons (Fsp3) is 0.211. The van der Waals surface area contributed by atoms with Crippen molar-refractivity contribution in [2.24, 2.45) is 5.73 Å². The van der Waals surface area contributed by atoms with Gasteiger partial charge in [0.05, 0.1) is 0 Å². The van der Waals surface area contributed by atoms with E-state index in [0.717, 1.165) is 0 Å². The maximum absolute atomic E-state index is 13.8. The topological polar surface area (TPSA) is 98.5 Å². The van der Waals surface area contributed by atoms with Gasteiger partial charge in [0, 0.05) is 6.42 Å². The van der Waals surface area contributed by atoms with Crippen LogP contribution < -0.4 is 11.1 Å². The average Bonchev–Trinajstić information content (AvgIpc) is 2.66. The molecular weight excluding hydrogens is 358 g/mol. The molecule has 2 aromatic rings. The Bertz CT molecular complexity index is 798. The number of rotatable bonds is 8. The van der Waals surface area contributed by atoms with Gasteiger partial charge in [-0.05, 0) is 11.1 Å². The van der Waals surface area contributed by atoms with Crippen LogP contribution in [0, 0.1) is 0 Å². The minimum absolute atomic E-state index is 0.106. The Morgan fingerprint density at radius 3 is 2.00 bits per heavy atom. The molecule has 0 saturated heterocycles. The molecule has 2 rings (SSSR count). The molecule has 2 amide bonds. The molecule has 6 nitrogen and oxygen atoms in total. The minimum atomic E-state index is -4.41. The third-order valence-corrected chi connectivity index (χ3v) is 3.72. The lowest BCUT2D eigenvalue weighted by Crippen LogP contribution is -2.54. The van der Waals surface area contributed by atoms with Crippen LogP contribution in [-0.4, -0.2) is 29.7 Å². The molecule has 0 aliphatic rings. The molecule has 0 aromatic heterocycles. The lowest BCUT2D eigenvalue weighted by molar-refractivity contribution is -0.157. The van der Waals surface area contributed by atoms with Crippen molar-refractivity contribution in [3.8, 4) is 0 Å². The van der Waals surface area contributed by atoms with Crippen molar-refractivity contribution in [1.82, 2.24) is 5.32 Å². The molecule has 0 unspecified atom stereocenters. The zero-order valence-electron chi connectivity index (χ0n) is 14.2. The number of ketones is 1. The SMILES string of the molecule is NC(=O)C(F)(F)C(=O)[C@H](Cc1ccccc1)NC(=O)OCc1ccccc1. The summed E-state index contributed by atoms with van der Waals surface area (Å²) < 4.78 is 32.5. The molecule has 0 heterocycles. The molecule has 1 atom stereocenters. The third-order valence-electron chi connectivity index (χ3n) is 3.72. The molecule has 0 aliphatic heterocycles. The molecule has 142 valence electrons. The van der Waals surface area contributed by atoms with E-state index in [0.29, 0.717) is 11.1 Å². The molecule has 0 fully saturated rings. The van der Waals surface area contributed by atoms with Gasteiger partial charge in [-0.3, -0.25) is 9.59 Å². The summed E-state index contributed by atoms with van der Waals surface area (Å²) in [5.74, 6) is -8.29. The molecule has 3 N–H and O–H groups in total. The molecule has 2 aromatic carbocycles. The molecule has 0 saturated carbocycles. The Labute approximate surface area is 154 Å². The summed E-state index contributed by atoms with van der Waals surface area (Å²) in [5.41, 5.74) is 5.81. The van der Waals surface area contributed by atoms with Crippen LogP contribution in [-0.2, 0) is 27.4 Å². The first-order chi connectivity index (χ1) is 12.8. The molecule has 0 bridgehead atoms. The number of halogens is 2. The number of nitrogens with two attached hydrogens (primary N) is 1. The monoisotopic (exact) mass is 376 g/mol. The van der Waals surface area contributed by atoms with E-state index < -0.39 is 29.7 Å². The van der Waals surface area contributed by atoms with Gasteiger partial charge >= 0.3 is 12.0 Å². The zero-order chi connectivity index (χ0) is 19.9. The quantitative estimate of drug-likeness (QED) is 0.690. The lowest BCUT2D eigenvalue weighted by Gasteiger charge is -2.21. The smallest absolute Gasteiger partial charge is 0.408 e. The van der Waals surface area contributed by atoms with Crippen LogP contribution in [0.1, 0.15) is 11.1 Å². The highest BCUT2D eigenvalue weighted by Gasteiger charge is 2.49. The van der Waals surface area contributed by atoms with Gasteiger partial charge in [-0.1, -0.05) is 60.7 Å². The normalized spacial score (nSPS) is 12.1. The lowest BCUT2D eigenvalue weighted by atomic mass is 9.98. The highest BCUT2D eigenvalue weighted by atomic mass is 19.3. The maximum atomic E-state index is 13.8. The number of alkyl carbamates (subject to hydrolysis) is 1. The summed E-state index contributed by atoms with van der Waals surface area (Å²) in [6, 6.07) is 15.2. The van der Waals surface area contributed by atoms with Crippen LogP contribution in [0.3, 0.4) is 0 Å². The van der Waals surface area contributed by atoms with E-state index in [9.17, 15) is 23.2 Å². The Hall–Kier alpha value is -3.29. The summed E-state index contributed by atoms with van der Waals surface area (Å²) >= 11 is 0. The molecule has 8 heteroatoms. The number of alkyl halides is 2. The Morgan fingerprint density at radius 1 is 0.963 bits per heavy atom. The van der Waals surface area contributed by atoms with Crippen molar-refractivity contribution in [3.05, 3.63) is 71.8 Å². The highest BCUT2D eigenvalue weighted by Crippen LogP contribution is 2.18. The molecule has 0 aliphatic carbocycles. The average molecular weight is 376 g/mol. The van der Waals surface area contributed by atoms with E-state index in [1.165, 1.54) is 0 Å². The predicted molar refractivity (Wildman–Crippen MR) is 92.8 cm³/mol. The van der Waals surface area contributed by atoms with Crippen LogP contribution in [0.15, 0.2) is 60.7 Å². The van der Waals surface area contributed by atoms with E-state index in [1.807, 2.05) is 0 Å². The number of ether oxygens (including phenoxy) is 1. The van der Waals surface area contributed by atoms with Crippen molar-refractivity contribution in [1.29, 1.82) is 0 Å². The number of primary amides is 1. The first-order valence-electron chi connectivity index (χ1n) is 8.04. The van der Waals surface area contributed by atoms with Crippen molar-refractivity contribution < 1.29 is 27.9 Å². The molecule has 0 spiro atoms. The van der Waals surface area contributed by atoms with Gasteiger partial charge in [0.2, 0.25) is 5.78 Å². The molecular formula is C19H18F2N2O4. The predicted octanol–water partition coefficient (Wildman–Crippen LogP) is 2.21. The van der Waals surface area contributed by atoms with Crippen molar-refractivity contribution in [3.63, 3.8) is 0 Å². The Kier molecular flexibility index (Phi) is 6.59. The van der Waals surface area contributed by atoms with E-state index >= 15 is 0 Å². The van der Waals surface area contributed by atoms with E-state index in [-0.39, 0.29) is 13.0 Å². The first kappa shape index (κ1) is 20.0. The summed E-state index contributed by atoms with van der Waals surface area (Å²) in [4.78, 5) is 35.0.